The fourth-order valence-corrected chi connectivity index (χ4v) is 5.73. The van der Waals surface area contributed by atoms with Crippen LogP contribution < -0.4 is 0 Å². The molecule has 0 N–H and O–H groups in total. The Bertz CT molecular complexity index is 1620. The Morgan fingerprint density at radius 2 is 1.79 bits per heavy atom. The minimum atomic E-state index is -0.0714. The highest BCUT2D eigenvalue weighted by Gasteiger charge is 2.29. The maximum absolute atomic E-state index is 13.3. The molecule has 7 nitrogen and oxygen atoms in total. The topological polar surface area (TPSA) is 63.5 Å². The molecule has 0 saturated carbocycles. The number of ether oxygens (including phenoxy) is 1. The van der Waals surface area contributed by atoms with Crippen LogP contribution in [0, 0.1) is 11.8 Å². The standard InChI is InChI=1S/C33H31Cl2N5O2/c34-27-10-6-24(7-11-27)5-8-25-22-26(9-12-29(25)35)32-28-23-39(33(41)30-4-1-2-14-36-30)17-13-31(28)40(37-32)16-3-15-38-18-20-42-21-19-38/h1-2,4,6-7,9-12,14,22H,3,13,15-21,23H2. The summed E-state index contributed by atoms with van der Waals surface area (Å²) in [5, 5.41) is 6.37. The van der Waals surface area contributed by atoms with E-state index < -0.39 is 0 Å². The summed E-state index contributed by atoms with van der Waals surface area (Å²) in [4.78, 5) is 21.9. The Balaban J connectivity index is 1.30. The molecule has 0 atom stereocenters. The van der Waals surface area contributed by atoms with Crippen molar-refractivity contribution >= 4 is 29.1 Å². The second-order valence-corrected chi connectivity index (χ2v) is 11.3. The Labute approximate surface area is 256 Å². The van der Waals surface area contributed by atoms with Crippen molar-refractivity contribution in [2.45, 2.75) is 25.9 Å². The first-order chi connectivity index (χ1) is 20.5. The summed E-state index contributed by atoms with van der Waals surface area (Å²) in [5.74, 6) is 6.33. The molecule has 1 saturated heterocycles. The summed E-state index contributed by atoms with van der Waals surface area (Å²) in [7, 11) is 0. The zero-order valence-electron chi connectivity index (χ0n) is 23.2. The van der Waals surface area contributed by atoms with Crippen molar-refractivity contribution in [1.29, 1.82) is 0 Å². The molecule has 4 aromatic rings. The molecule has 214 valence electrons. The van der Waals surface area contributed by atoms with Crippen molar-refractivity contribution < 1.29 is 9.53 Å². The van der Waals surface area contributed by atoms with Gasteiger partial charge in [0.05, 0.1) is 30.5 Å². The van der Waals surface area contributed by atoms with Gasteiger partial charge in [-0.2, -0.15) is 5.10 Å². The molecule has 1 fully saturated rings. The molecule has 42 heavy (non-hydrogen) atoms. The molecule has 0 spiro atoms. The van der Waals surface area contributed by atoms with Crippen LogP contribution in [-0.2, 0) is 24.2 Å². The highest BCUT2D eigenvalue weighted by molar-refractivity contribution is 6.32. The molecule has 1 amide bonds. The van der Waals surface area contributed by atoms with E-state index in [0.717, 1.165) is 80.2 Å². The Morgan fingerprint density at radius 3 is 2.57 bits per heavy atom. The second-order valence-electron chi connectivity index (χ2n) is 10.4. The van der Waals surface area contributed by atoms with E-state index in [1.807, 2.05) is 59.5 Å². The smallest absolute Gasteiger partial charge is 0.272 e. The van der Waals surface area contributed by atoms with Crippen LogP contribution in [0.4, 0.5) is 0 Å². The van der Waals surface area contributed by atoms with Gasteiger partial charge >= 0.3 is 0 Å². The van der Waals surface area contributed by atoms with Gasteiger partial charge in [-0.1, -0.05) is 47.2 Å². The number of carbonyl (C=O) groups is 1. The largest absolute Gasteiger partial charge is 0.379 e. The maximum atomic E-state index is 13.3. The first kappa shape index (κ1) is 28.4. The lowest BCUT2D eigenvalue weighted by molar-refractivity contribution is 0.0368. The normalized spacial score (nSPS) is 15.1. The monoisotopic (exact) mass is 599 g/mol. The number of halogens is 2. The summed E-state index contributed by atoms with van der Waals surface area (Å²) >= 11 is 12.6. The molecule has 4 heterocycles. The Morgan fingerprint density at radius 1 is 0.952 bits per heavy atom. The lowest BCUT2D eigenvalue weighted by Crippen LogP contribution is -2.37. The van der Waals surface area contributed by atoms with Crippen molar-refractivity contribution in [2.24, 2.45) is 0 Å². The Kier molecular flexibility index (Phi) is 8.87. The molecule has 2 aromatic heterocycles. The highest BCUT2D eigenvalue weighted by Crippen LogP contribution is 2.33. The van der Waals surface area contributed by atoms with Gasteiger partial charge in [-0.3, -0.25) is 19.4 Å². The van der Waals surface area contributed by atoms with Gasteiger partial charge < -0.3 is 9.64 Å². The molecule has 0 unspecified atom stereocenters. The predicted molar refractivity (Wildman–Crippen MR) is 165 cm³/mol. The lowest BCUT2D eigenvalue weighted by Gasteiger charge is -2.28. The summed E-state index contributed by atoms with van der Waals surface area (Å²) in [6.45, 7) is 6.43. The third-order valence-corrected chi connectivity index (χ3v) is 8.26. The molecule has 2 aliphatic heterocycles. The fourth-order valence-electron chi connectivity index (χ4n) is 5.44. The number of amides is 1. The highest BCUT2D eigenvalue weighted by atomic mass is 35.5. The van der Waals surface area contributed by atoms with Crippen molar-refractivity contribution in [3.63, 3.8) is 0 Å². The van der Waals surface area contributed by atoms with Crippen LogP contribution in [0.15, 0.2) is 66.9 Å². The van der Waals surface area contributed by atoms with Gasteiger partial charge in [0.15, 0.2) is 0 Å². The SMILES string of the molecule is O=C(c1ccccn1)N1CCc2c(c(-c3ccc(Cl)c(C#Cc4ccc(Cl)cc4)c3)nn2CCCN2CCOCC2)C1. The van der Waals surface area contributed by atoms with Crippen LogP contribution in [-0.4, -0.2) is 69.9 Å². The van der Waals surface area contributed by atoms with Crippen molar-refractivity contribution in [3.8, 4) is 23.1 Å². The molecule has 9 heteroatoms. The average molecular weight is 601 g/mol. The molecular formula is C33H31Cl2N5O2. The van der Waals surface area contributed by atoms with Gasteiger partial charge in [0.25, 0.3) is 5.91 Å². The minimum absolute atomic E-state index is 0.0714. The summed E-state index contributed by atoms with van der Waals surface area (Å²) in [5.41, 5.74) is 6.06. The predicted octanol–water partition coefficient (Wildman–Crippen LogP) is 5.57. The number of rotatable bonds is 6. The van der Waals surface area contributed by atoms with E-state index in [0.29, 0.717) is 28.8 Å². The van der Waals surface area contributed by atoms with Crippen LogP contribution in [0.1, 0.15) is 39.3 Å². The minimum Gasteiger partial charge on any atom is -0.379 e. The maximum Gasteiger partial charge on any atom is 0.272 e. The first-order valence-electron chi connectivity index (χ1n) is 14.2. The third-order valence-electron chi connectivity index (χ3n) is 7.68. The van der Waals surface area contributed by atoms with Gasteiger partial charge in [0.1, 0.15) is 5.69 Å². The third kappa shape index (κ3) is 6.53. The fraction of sp³-hybridized carbons (Fsp3) is 0.303. The number of carbonyl (C=O) groups excluding carboxylic acids is 1. The van der Waals surface area contributed by atoms with Crippen molar-refractivity contribution in [1.82, 2.24) is 24.6 Å². The first-order valence-corrected chi connectivity index (χ1v) is 15.0. The molecule has 2 aromatic carbocycles. The molecule has 0 radical (unpaired) electrons. The van der Waals surface area contributed by atoms with Gasteiger partial charge in [0.2, 0.25) is 0 Å². The molecule has 0 bridgehead atoms. The summed E-state index contributed by atoms with van der Waals surface area (Å²) in [6, 6.07) is 18.7. The lowest BCUT2D eigenvalue weighted by atomic mass is 9.99. The van der Waals surface area contributed by atoms with E-state index >= 15 is 0 Å². The molecule has 2 aliphatic rings. The number of hydrogen-bond donors (Lipinski definition) is 0. The van der Waals surface area contributed by atoms with Crippen LogP contribution in [0.5, 0.6) is 0 Å². The van der Waals surface area contributed by atoms with E-state index in [-0.39, 0.29) is 5.91 Å². The quantitative estimate of drug-likeness (QED) is 0.271. The second kappa shape index (κ2) is 13.1. The van der Waals surface area contributed by atoms with E-state index in [1.54, 1.807) is 12.3 Å². The Hall–Kier alpha value is -3.67. The number of pyridine rings is 1. The number of hydrogen-bond acceptors (Lipinski definition) is 5. The molecule has 6 rings (SSSR count). The number of nitrogens with zero attached hydrogens (tertiary/aromatic N) is 5. The van der Waals surface area contributed by atoms with Gasteiger partial charge in [-0.05, 0) is 55.0 Å². The van der Waals surface area contributed by atoms with Crippen LogP contribution >= 0.6 is 23.2 Å². The van der Waals surface area contributed by atoms with Crippen LogP contribution in [0.25, 0.3) is 11.3 Å². The van der Waals surface area contributed by atoms with Gasteiger partial charge in [-0.25, -0.2) is 0 Å². The zero-order chi connectivity index (χ0) is 28.9. The number of aromatic nitrogens is 3. The average Bonchev–Trinajstić information content (AvgIpc) is 3.39. The number of morpholine rings is 1. The van der Waals surface area contributed by atoms with E-state index in [2.05, 4.69) is 26.4 Å². The van der Waals surface area contributed by atoms with Crippen LogP contribution in [0.2, 0.25) is 10.0 Å². The number of fused-ring (bicyclic) bond motifs is 1. The molecule has 0 aliphatic carbocycles. The number of benzene rings is 2. The van der Waals surface area contributed by atoms with Crippen molar-refractivity contribution in [2.75, 3.05) is 39.4 Å². The summed E-state index contributed by atoms with van der Waals surface area (Å²) in [6.07, 6.45) is 3.37. The molecular weight excluding hydrogens is 569 g/mol. The number of aryl methyl sites for hydroxylation is 1. The summed E-state index contributed by atoms with van der Waals surface area (Å²) < 4.78 is 7.64. The van der Waals surface area contributed by atoms with E-state index in [1.165, 1.54) is 5.69 Å². The van der Waals surface area contributed by atoms with Gasteiger partial charge in [-0.15, -0.1) is 0 Å². The van der Waals surface area contributed by atoms with Crippen LogP contribution in [0.3, 0.4) is 0 Å². The van der Waals surface area contributed by atoms with E-state index in [4.69, 9.17) is 33.0 Å². The van der Waals surface area contributed by atoms with E-state index in [9.17, 15) is 4.79 Å². The van der Waals surface area contributed by atoms with Crippen molar-refractivity contribution in [3.05, 3.63) is 105 Å². The zero-order valence-corrected chi connectivity index (χ0v) is 24.7. The van der Waals surface area contributed by atoms with Gasteiger partial charge in [0, 0.05) is 78.3 Å².